The molecule has 0 aliphatic carbocycles. The van der Waals surface area contributed by atoms with Crippen molar-refractivity contribution in [2.75, 3.05) is 11.5 Å². The van der Waals surface area contributed by atoms with Crippen molar-refractivity contribution in [3.05, 3.63) is 64.7 Å². The van der Waals surface area contributed by atoms with Gasteiger partial charge in [0.15, 0.2) is 0 Å². The van der Waals surface area contributed by atoms with Gasteiger partial charge >= 0.3 is 6.03 Å². The first-order chi connectivity index (χ1) is 13.0. The van der Waals surface area contributed by atoms with Crippen LogP contribution in [-0.2, 0) is 9.59 Å². The summed E-state index contributed by atoms with van der Waals surface area (Å²) in [4.78, 5) is 38.3. The standard InChI is InChI=1S/C20H17ClN2O4/c1-2-11-27-17-10-6-3-7-13(17)12-14-18(24)22-20(26)23(19(14)25)16-9-5-4-8-15(16)21/h3-10,12H,2,11H2,1H3,(H,22,24,26)/b14-12+. The van der Waals surface area contributed by atoms with Crippen molar-refractivity contribution in [3.63, 3.8) is 0 Å². The number of amides is 4. The highest BCUT2D eigenvalue weighted by atomic mass is 35.5. The molecule has 1 aliphatic heterocycles. The molecule has 0 radical (unpaired) electrons. The van der Waals surface area contributed by atoms with Gasteiger partial charge in [0, 0.05) is 5.56 Å². The fraction of sp³-hybridized carbons (Fsp3) is 0.150. The van der Waals surface area contributed by atoms with Crippen LogP contribution in [0.1, 0.15) is 18.9 Å². The zero-order chi connectivity index (χ0) is 19.4. The second kappa shape index (κ2) is 8.05. The summed E-state index contributed by atoms with van der Waals surface area (Å²) >= 11 is 6.12. The zero-order valence-electron chi connectivity index (χ0n) is 14.6. The first kappa shape index (κ1) is 18.7. The Kier molecular flexibility index (Phi) is 5.57. The summed E-state index contributed by atoms with van der Waals surface area (Å²) in [6.45, 7) is 2.48. The largest absolute Gasteiger partial charge is 0.493 e. The zero-order valence-corrected chi connectivity index (χ0v) is 15.3. The number of halogens is 1. The van der Waals surface area contributed by atoms with E-state index in [4.69, 9.17) is 16.3 Å². The number of barbiturate groups is 1. The Morgan fingerprint density at radius 2 is 1.78 bits per heavy atom. The second-order valence-corrected chi connectivity index (χ2v) is 6.20. The van der Waals surface area contributed by atoms with Crippen molar-refractivity contribution in [1.82, 2.24) is 5.32 Å². The van der Waals surface area contributed by atoms with Gasteiger partial charge in [0.1, 0.15) is 11.3 Å². The summed E-state index contributed by atoms with van der Waals surface area (Å²) in [5.74, 6) is -0.964. The van der Waals surface area contributed by atoms with Crippen LogP contribution < -0.4 is 15.0 Å². The van der Waals surface area contributed by atoms with Gasteiger partial charge in [0.2, 0.25) is 0 Å². The quantitative estimate of drug-likeness (QED) is 0.628. The Morgan fingerprint density at radius 1 is 1.07 bits per heavy atom. The molecule has 0 bridgehead atoms. The summed E-state index contributed by atoms with van der Waals surface area (Å²) in [6.07, 6.45) is 2.23. The molecule has 1 N–H and O–H groups in total. The topological polar surface area (TPSA) is 75.7 Å². The number of imide groups is 2. The predicted molar refractivity (Wildman–Crippen MR) is 103 cm³/mol. The van der Waals surface area contributed by atoms with Crippen molar-refractivity contribution >= 4 is 41.2 Å². The van der Waals surface area contributed by atoms with Gasteiger partial charge < -0.3 is 4.74 Å². The number of carbonyl (C=O) groups excluding carboxylic acids is 3. The number of ether oxygens (including phenoxy) is 1. The molecule has 0 aromatic heterocycles. The van der Waals surface area contributed by atoms with E-state index in [2.05, 4.69) is 5.32 Å². The third kappa shape index (κ3) is 3.85. The molecule has 27 heavy (non-hydrogen) atoms. The van der Waals surface area contributed by atoms with Gasteiger partial charge in [0.25, 0.3) is 11.8 Å². The minimum absolute atomic E-state index is 0.179. The van der Waals surface area contributed by atoms with Gasteiger partial charge in [-0.3, -0.25) is 14.9 Å². The van der Waals surface area contributed by atoms with Crippen molar-refractivity contribution in [2.45, 2.75) is 13.3 Å². The van der Waals surface area contributed by atoms with Gasteiger partial charge in [-0.05, 0) is 30.7 Å². The third-order valence-electron chi connectivity index (χ3n) is 3.88. The highest BCUT2D eigenvalue weighted by Gasteiger charge is 2.37. The molecule has 1 heterocycles. The maximum atomic E-state index is 12.9. The first-order valence-electron chi connectivity index (χ1n) is 8.40. The van der Waals surface area contributed by atoms with E-state index in [-0.39, 0.29) is 16.3 Å². The highest BCUT2D eigenvalue weighted by molar-refractivity contribution is 6.42. The molecule has 2 aromatic carbocycles. The summed E-state index contributed by atoms with van der Waals surface area (Å²) in [5.41, 5.74) is 0.593. The van der Waals surface area contributed by atoms with Crippen LogP contribution >= 0.6 is 11.6 Å². The monoisotopic (exact) mass is 384 g/mol. The predicted octanol–water partition coefficient (Wildman–Crippen LogP) is 3.80. The van der Waals surface area contributed by atoms with Crippen LogP contribution in [0.2, 0.25) is 5.02 Å². The SMILES string of the molecule is CCCOc1ccccc1/C=C1\C(=O)NC(=O)N(c2ccccc2Cl)C1=O. The van der Waals surface area contributed by atoms with E-state index in [1.807, 2.05) is 6.92 Å². The molecule has 0 unspecified atom stereocenters. The van der Waals surface area contributed by atoms with Crippen LogP contribution in [0.5, 0.6) is 5.75 Å². The van der Waals surface area contributed by atoms with Crippen LogP contribution in [0.3, 0.4) is 0 Å². The average Bonchev–Trinajstić information content (AvgIpc) is 2.65. The number of para-hydroxylation sites is 2. The molecule has 0 atom stereocenters. The minimum Gasteiger partial charge on any atom is -0.493 e. The van der Waals surface area contributed by atoms with Gasteiger partial charge in [-0.15, -0.1) is 0 Å². The maximum Gasteiger partial charge on any atom is 0.335 e. The number of carbonyl (C=O) groups is 3. The Bertz CT molecular complexity index is 939. The molecule has 1 aliphatic rings. The number of nitrogens with zero attached hydrogens (tertiary/aromatic N) is 1. The fourth-order valence-corrected chi connectivity index (χ4v) is 2.83. The minimum atomic E-state index is -0.842. The fourth-order valence-electron chi connectivity index (χ4n) is 2.61. The summed E-state index contributed by atoms with van der Waals surface area (Å²) in [5, 5.41) is 2.40. The van der Waals surface area contributed by atoms with E-state index in [1.54, 1.807) is 42.5 Å². The maximum absolute atomic E-state index is 12.9. The summed E-state index contributed by atoms with van der Waals surface area (Å²) in [6, 6.07) is 12.6. The Morgan fingerprint density at radius 3 is 2.52 bits per heavy atom. The van der Waals surface area contributed by atoms with Crippen molar-refractivity contribution in [2.24, 2.45) is 0 Å². The van der Waals surface area contributed by atoms with Crippen molar-refractivity contribution in [1.29, 1.82) is 0 Å². The lowest BCUT2D eigenvalue weighted by molar-refractivity contribution is -0.122. The van der Waals surface area contributed by atoms with E-state index in [1.165, 1.54) is 12.1 Å². The number of rotatable bonds is 5. The molecular formula is C20H17ClN2O4. The molecular weight excluding hydrogens is 368 g/mol. The summed E-state index contributed by atoms with van der Waals surface area (Å²) in [7, 11) is 0. The molecule has 138 valence electrons. The van der Waals surface area contributed by atoms with E-state index in [9.17, 15) is 14.4 Å². The molecule has 3 rings (SSSR count). The molecule has 1 saturated heterocycles. The molecule has 0 saturated carbocycles. The lowest BCUT2D eigenvalue weighted by Gasteiger charge is -2.27. The van der Waals surface area contributed by atoms with Gasteiger partial charge in [-0.2, -0.15) is 0 Å². The number of urea groups is 1. The highest BCUT2D eigenvalue weighted by Crippen LogP contribution is 2.29. The van der Waals surface area contributed by atoms with Gasteiger partial charge in [-0.1, -0.05) is 48.9 Å². The first-order valence-corrected chi connectivity index (χ1v) is 8.78. The van der Waals surface area contributed by atoms with E-state index in [0.29, 0.717) is 17.9 Å². The Balaban J connectivity index is 2.02. The lowest BCUT2D eigenvalue weighted by atomic mass is 10.1. The van der Waals surface area contributed by atoms with Gasteiger partial charge in [-0.25, -0.2) is 9.69 Å². The number of hydrogen-bond donors (Lipinski definition) is 1. The van der Waals surface area contributed by atoms with Gasteiger partial charge in [0.05, 0.1) is 17.3 Å². The molecule has 2 aromatic rings. The lowest BCUT2D eigenvalue weighted by Crippen LogP contribution is -2.54. The van der Waals surface area contributed by atoms with Crippen LogP contribution in [0.15, 0.2) is 54.1 Å². The van der Waals surface area contributed by atoms with Crippen LogP contribution in [0.4, 0.5) is 10.5 Å². The van der Waals surface area contributed by atoms with Crippen molar-refractivity contribution < 1.29 is 19.1 Å². The second-order valence-electron chi connectivity index (χ2n) is 5.80. The van der Waals surface area contributed by atoms with Crippen molar-refractivity contribution in [3.8, 4) is 5.75 Å². The number of nitrogens with one attached hydrogen (secondary N) is 1. The van der Waals surface area contributed by atoms with E-state index >= 15 is 0 Å². The Labute approximate surface area is 161 Å². The van der Waals surface area contributed by atoms with E-state index < -0.39 is 17.8 Å². The third-order valence-corrected chi connectivity index (χ3v) is 4.20. The molecule has 7 heteroatoms. The smallest absolute Gasteiger partial charge is 0.335 e. The molecule has 1 fully saturated rings. The average molecular weight is 385 g/mol. The summed E-state index contributed by atoms with van der Waals surface area (Å²) < 4.78 is 5.66. The molecule has 0 spiro atoms. The normalized spacial score (nSPS) is 15.9. The van der Waals surface area contributed by atoms with E-state index in [0.717, 1.165) is 11.3 Å². The Hall–Kier alpha value is -3.12. The number of benzene rings is 2. The molecule has 4 amide bonds. The van der Waals surface area contributed by atoms with Crippen LogP contribution in [0, 0.1) is 0 Å². The molecule has 6 nitrogen and oxygen atoms in total. The van der Waals surface area contributed by atoms with Crippen LogP contribution in [-0.4, -0.2) is 24.5 Å². The number of hydrogen-bond acceptors (Lipinski definition) is 4. The van der Waals surface area contributed by atoms with Crippen LogP contribution in [0.25, 0.3) is 6.08 Å². The number of anilines is 1.